The summed E-state index contributed by atoms with van der Waals surface area (Å²) in [5, 5.41) is 11.6. The molecule has 0 atom stereocenters. The summed E-state index contributed by atoms with van der Waals surface area (Å²) < 4.78 is 0. The molecule has 0 aliphatic carbocycles. The maximum atomic E-state index is 12.2. The first-order chi connectivity index (χ1) is 9.34. The maximum Gasteiger partial charge on any atom is 0.328 e. The van der Waals surface area contributed by atoms with Crippen molar-refractivity contribution in [1.82, 2.24) is 5.32 Å². The van der Waals surface area contributed by atoms with Gasteiger partial charge >= 0.3 is 5.97 Å². The number of nitrogens with one attached hydrogen (secondary N) is 1. The second-order valence-corrected chi connectivity index (χ2v) is 5.39. The van der Waals surface area contributed by atoms with Crippen LogP contribution in [0.4, 0.5) is 0 Å². The average molecular weight is 275 g/mol. The lowest BCUT2D eigenvalue weighted by Gasteiger charge is -2.25. The molecule has 0 heterocycles. The molecule has 1 rings (SSSR count). The Hall–Kier alpha value is -2.10. The van der Waals surface area contributed by atoms with Crippen molar-refractivity contribution in [2.45, 2.75) is 39.2 Å². The van der Waals surface area contributed by atoms with Crippen LogP contribution in [0.5, 0.6) is 0 Å². The number of rotatable bonds is 6. The van der Waals surface area contributed by atoms with Crippen LogP contribution in [0.25, 0.3) is 6.08 Å². The van der Waals surface area contributed by atoms with Crippen LogP contribution >= 0.6 is 0 Å². The van der Waals surface area contributed by atoms with Gasteiger partial charge in [0.05, 0.1) is 0 Å². The van der Waals surface area contributed by atoms with Gasteiger partial charge in [0.15, 0.2) is 0 Å². The average Bonchev–Trinajstić information content (AvgIpc) is 2.36. The molecule has 0 fully saturated rings. The van der Waals surface area contributed by atoms with E-state index in [0.717, 1.165) is 18.9 Å². The van der Waals surface area contributed by atoms with E-state index in [0.29, 0.717) is 11.1 Å². The fourth-order valence-corrected chi connectivity index (χ4v) is 2.02. The lowest BCUT2D eigenvalue weighted by Crippen LogP contribution is -2.43. The van der Waals surface area contributed by atoms with E-state index in [1.165, 1.54) is 6.08 Å². The van der Waals surface area contributed by atoms with Crippen molar-refractivity contribution in [3.63, 3.8) is 0 Å². The molecule has 0 radical (unpaired) electrons. The fraction of sp³-hybridized carbons (Fsp3) is 0.375. The van der Waals surface area contributed by atoms with E-state index in [-0.39, 0.29) is 11.4 Å². The minimum Gasteiger partial charge on any atom is -0.478 e. The highest BCUT2D eigenvalue weighted by Crippen LogP contribution is 2.13. The van der Waals surface area contributed by atoms with E-state index < -0.39 is 5.97 Å². The largest absolute Gasteiger partial charge is 0.478 e. The summed E-state index contributed by atoms with van der Waals surface area (Å²) in [5.41, 5.74) is 0.966. The van der Waals surface area contributed by atoms with E-state index in [1.807, 2.05) is 13.8 Å². The molecule has 0 aliphatic heterocycles. The van der Waals surface area contributed by atoms with Crippen LogP contribution in [0.15, 0.2) is 30.3 Å². The Morgan fingerprint density at radius 1 is 1.35 bits per heavy atom. The molecule has 1 aromatic rings. The molecule has 0 bridgehead atoms. The van der Waals surface area contributed by atoms with Crippen LogP contribution in [0, 0.1) is 0 Å². The summed E-state index contributed by atoms with van der Waals surface area (Å²) in [5.74, 6) is -1.15. The van der Waals surface area contributed by atoms with Crippen molar-refractivity contribution >= 4 is 18.0 Å². The summed E-state index contributed by atoms with van der Waals surface area (Å²) in [7, 11) is 0. The predicted molar refractivity (Wildman–Crippen MR) is 79.6 cm³/mol. The van der Waals surface area contributed by atoms with Crippen molar-refractivity contribution in [1.29, 1.82) is 0 Å². The zero-order chi connectivity index (χ0) is 15.2. The molecule has 20 heavy (non-hydrogen) atoms. The van der Waals surface area contributed by atoms with Crippen molar-refractivity contribution in [2.75, 3.05) is 0 Å². The van der Waals surface area contributed by atoms with Gasteiger partial charge in [0.1, 0.15) is 0 Å². The van der Waals surface area contributed by atoms with Gasteiger partial charge in [-0.1, -0.05) is 25.5 Å². The van der Waals surface area contributed by atoms with E-state index in [4.69, 9.17) is 5.11 Å². The van der Waals surface area contributed by atoms with Gasteiger partial charge < -0.3 is 10.4 Å². The number of carbonyl (C=O) groups is 2. The summed E-state index contributed by atoms with van der Waals surface area (Å²) in [6, 6.07) is 6.89. The van der Waals surface area contributed by atoms with Crippen LogP contribution in [-0.4, -0.2) is 22.5 Å². The molecule has 0 saturated heterocycles. The van der Waals surface area contributed by atoms with Gasteiger partial charge in [0, 0.05) is 17.2 Å². The first-order valence-electron chi connectivity index (χ1n) is 6.67. The van der Waals surface area contributed by atoms with Crippen molar-refractivity contribution < 1.29 is 14.7 Å². The topological polar surface area (TPSA) is 66.4 Å². The zero-order valence-corrected chi connectivity index (χ0v) is 12.1. The number of amides is 1. The first kappa shape index (κ1) is 16.0. The molecule has 108 valence electrons. The standard InChI is InChI=1S/C16H21NO3/c1-4-10-16(2,3)17-15(20)13-7-5-6-12(11-13)8-9-14(18)19/h5-9,11H,4,10H2,1-3H3,(H,17,20)(H,18,19)/b9-8+. The molecule has 0 unspecified atom stereocenters. The summed E-state index contributed by atoms with van der Waals surface area (Å²) in [6.07, 6.45) is 4.42. The van der Waals surface area contributed by atoms with Gasteiger partial charge in [-0.05, 0) is 44.0 Å². The second kappa shape index (κ2) is 6.89. The quantitative estimate of drug-likeness (QED) is 0.784. The lowest BCUT2D eigenvalue weighted by molar-refractivity contribution is -0.131. The van der Waals surface area contributed by atoms with Crippen LogP contribution in [-0.2, 0) is 4.79 Å². The third kappa shape index (κ3) is 5.26. The predicted octanol–water partition coefficient (Wildman–Crippen LogP) is 3.09. The first-order valence-corrected chi connectivity index (χ1v) is 6.67. The Morgan fingerprint density at radius 3 is 2.65 bits per heavy atom. The Balaban J connectivity index is 2.84. The molecule has 0 aromatic heterocycles. The molecule has 0 aliphatic rings. The number of carbonyl (C=O) groups excluding carboxylic acids is 1. The molecule has 1 amide bonds. The zero-order valence-electron chi connectivity index (χ0n) is 12.1. The van der Waals surface area contributed by atoms with Gasteiger partial charge in [0.2, 0.25) is 0 Å². The number of benzene rings is 1. The van der Waals surface area contributed by atoms with Crippen molar-refractivity contribution in [3.8, 4) is 0 Å². The number of aliphatic carboxylic acids is 1. The third-order valence-electron chi connectivity index (χ3n) is 2.89. The molecule has 2 N–H and O–H groups in total. The van der Waals surface area contributed by atoms with Crippen molar-refractivity contribution in [2.24, 2.45) is 0 Å². The molecule has 1 aromatic carbocycles. The smallest absolute Gasteiger partial charge is 0.328 e. The van der Waals surface area contributed by atoms with Crippen LogP contribution < -0.4 is 5.32 Å². The highest BCUT2D eigenvalue weighted by Gasteiger charge is 2.19. The van der Waals surface area contributed by atoms with Gasteiger partial charge in [0.25, 0.3) is 5.91 Å². The van der Waals surface area contributed by atoms with Gasteiger partial charge in [-0.3, -0.25) is 4.79 Å². The van der Waals surface area contributed by atoms with E-state index >= 15 is 0 Å². The second-order valence-electron chi connectivity index (χ2n) is 5.39. The number of carboxylic acids is 1. The Labute approximate surface area is 119 Å². The van der Waals surface area contributed by atoms with E-state index in [9.17, 15) is 9.59 Å². The van der Waals surface area contributed by atoms with Gasteiger partial charge in [-0.25, -0.2) is 4.79 Å². The van der Waals surface area contributed by atoms with Crippen LogP contribution in [0.3, 0.4) is 0 Å². The van der Waals surface area contributed by atoms with E-state index in [2.05, 4.69) is 12.2 Å². The number of hydrogen-bond donors (Lipinski definition) is 2. The molecule has 0 spiro atoms. The van der Waals surface area contributed by atoms with Crippen molar-refractivity contribution in [3.05, 3.63) is 41.5 Å². The Kier molecular flexibility index (Phi) is 5.50. The normalized spacial score (nSPS) is 11.6. The third-order valence-corrected chi connectivity index (χ3v) is 2.89. The van der Waals surface area contributed by atoms with E-state index in [1.54, 1.807) is 24.3 Å². The Bertz CT molecular complexity index is 518. The lowest BCUT2D eigenvalue weighted by atomic mass is 9.98. The number of hydrogen-bond acceptors (Lipinski definition) is 2. The SMILES string of the molecule is CCCC(C)(C)NC(=O)c1cccc(/C=C/C(=O)O)c1. The van der Waals surface area contributed by atoms with Gasteiger partial charge in [-0.2, -0.15) is 0 Å². The van der Waals surface area contributed by atoms with Gasteiger partial charge in [-0.15, -0.1) is 0 Å². The monoisotopic (exact) mass is 275 g/mol. The highest BCUT2D eigenvalue weighted by molar-refractivity contribution is 5.95. The van der Waals surface area contributed by atoms with Crippen LogP contribution in [0.2, 0.25) is 0 Å². The Morgan fingerprint density at radius 2 is 2.05 bits per heavy atom. The highest BCUT2D eigenvalue weighted by atomic mass is 16.4. The summed E-state index contributed by atoms with van der Waals surface area (Å²) in [6.45, 7) is 6.05. The molecule has 0 saturated carbocycles. The van der Waals surface area contributed by atoms with Crippen LogP contribution in [0.1, 0.15) is 49.5 Å². The molecule has 4 nitrogen and oxygen atoms in total. The summed E-state index contributed by atoms with van der Waals surface area (Å²) >= 11 is 0. The minimum absolute atomic E-state index is 0.144. The minimum atomic E-state index is -1.01. The number of carboxylic acid groups (broad SMARTS) is 1. The molecular formula is C16H21NO3. The molecular weight excluding hydrogens is 254 g/mol. The summed E-state index contributed by atoms with van der Waals surface area (Å²) in [4.78, 5) is 22.7. The maximum absolute atomic E-state index is 12.2. The molecule has 4 heteroatoms. The fourth-order valence-electron chi connectivity index (χ4n) is 2.02.